The van der Waals surface area contributed by atoms with Crippen LogP contribution in [0.3, 0.4) is 0 Å². The summed E-state index contributed by atoms with van der Waals surface area (Å²) in [7, 11) is 1.64. The standard InChI is InChI=1S/C10H16F3N3OS/c1-15-3-2-4-16(6-8(15)17)5-7(9(14)18)10(11,12)13/h7H,2-6H2,1H3,(H2,14,18). The van der Waals surface area contributed by atoms with E-state index in [0.29, 0.717) is 19.5 Å². The lowest BCUT2D eigenvalue weighted by molar-refractivity contribution is -0.160. The van der Waals surface area contributed by atoms with Gasteiger partial charge in [-0.05, 0) is 6.42 Å². The van der Waals surface area contributed by atoms with E-state index in [1.807, 2.05) is 0 Å². The molecule has 2 N–H and O–H groups in total. The van der Waals surface area contributed by atoms with Gasteiger partial charge in [0.15, 0.2) is 0 Å². The average molecular weight is 283 g/mol. The zero-order valence-corrected chi connectivity index (χ0v) is 10.9. The highest BCUT2D eigenvalue weighted by atomic mass is 32.1. The fraction of sp³-hybridized carbons (Fsp3) is 0.800. The van der Waals surface area contributed by atoms with Crippen molar-refractivity contribution in [3.63, 3.8) is 0 Å². The van der Waals surface area contributed by atoms with Gasteiger partial charge in [-0.25, -0.2) is 0 Å². The van der Waals surface area contributed by atoms with Crippen LogP contribution in [0.25, 0.3) is 0 Å². The van der Waals surface area contributed by atoms with Crippen molar-refractivity contribution in [3.05, 3.63) is 0 Å². The van der Waals surface area contributed by atoms with Crippen LogP contribution in [0.2, 0.25) is 0 Å². The van der Waals surface area contributed by atoms with Crippen molar-refractivity contribution in [1.82, 2.24) is 9.80 Å². The Bertz CT molecular complexity index is 335. The number of rotatable bonds is 3. The number of thiocarbonyl (C=S) groups is 1. The maximum atomic E-state index is 12.7. The molecule has 18 heavy (non-hydrogen) atoms. The molecule has 0 aromatic heterocycles. The minimum atomic E-state index is -4.47. The molecule has 1 saturated heterocycles. The molecule has 104 valence electrons. The summed E-state index contributed by atoms with van der Waals surface area (Å²) in [6, 6.07) is 0. The summed E-state index contributed by atoms with van der Waals surface area (Å²) in [4.78, 5) is 14.0. The van der Waals surface area contributed by atoms with Crippen molar-refractivity contribution in [1.29, 1.82) is 0 Å². The Kier molecular flexibility index (Phi) is 4.92. The van der Waals surface area contributed by atoms with Gasteiger partial charge in [0.05, 0.1) is 11.5 Å². The molecule has 4 nitrogen and oxygen atoms in total. The molecule has 0 bridgehead atoms. The summed E-state index contributed by atoms with van der Waals surface area (Å²) in [6.07, 6.45) is -3.82. The summed E-state index contributed by atoms with van der Waals surface area (Å²) >= 11 is 4.46. The minimum Gasteiger partial charge on any atom is -0.393 e. The summed E-state index contributed by atoms with van der Waals surface area (Å²) in [5.41, 5.74) is 5.13. The van der Waals surface area contributed by atoms with Gasteiger partial charge in [0.25, 0.3) is 0 Å². The van der Waals surface area contributed by atoms with Gasteiger partial charge in [-0.3, -0.25) is 9.69 Å². The van der Waals surface area contributed by atoms with E-state index in [-0.39, 0.29) is 19.0 Å². The molecular weight excluding hydrogens is 267 g/mol. The number of carbonyl (C=O) groups excluding carboxylic acids is 1. The number of nitrogens with two attached hydrogens (primary N) is 1. The van der Waals surface area contributed by atoms with E-state index in [1.54, 1.807) is 7.05 Å². The number of likely N-dealkylation sites (N-methyl/N-ethyl adjacent to an activating group) is 1. The van der Waals surface area contributed by atoms with Crippen molar-refractivity contribution in [2.45, 2.75) is 12.6 Å². The Labute approximate surface area is 109 Å². The molecule has 1 amide bonds. The molecule has 0 aliphatic carbocycles. The van der Waals surface area contributed by atoms with E-state index >= 15 is 0 Å². The summed E-state index contributed by atoms with van der Waals surface area (Å²) in [5, 5.41) is 0. The zero-order valence-electron chi connectivity index (χ0n) is 10.0. The van der Waals surface area contributed by atoms with Gasteiger partial charge < -0.3 is 10.6 Å². The van der Waals surface area contributed by atoms with Crippen molar-refractivity contribution < 1.29 is 18.0 Å². The molecule has 0 saturated carbocycles. The van der Waals surface area contributed by atoms with E-state index in [1.165, 1.54) is 9.80 Å². The number of carbonyl (C=O) groups is 1. The van der Waals surface area contributed by atoms with Crippen LogP contribution in [-0.4, -0.2) is 60.1 Å². The van der Waals surface area contributed by atoms with Gasteiger partial charge in [0, 0.05) is 26.7 Å². The fourth-order valence-electron chi connectivity index (χ4n) is 1.82. The first-order valence-electron chi connectivity index (χ1n) is 5.54. The molecule has 1 atom stereocenters. The van der Waals surface area contributed by atoms with Crippen LogP contribution in [0.5, 0.6) is 0 Å². The van der Waals surface area contributed by atoms with Crippen molar-refractivity contribution in [2.75, 3.05) is 33.2 Å². The predicted octanol–water partition coefficient (Wildman–Crippen LogP) is 0.615. The molecule has 1 aliphatic heterocycles. The molecule has 1 unspecified atom stereocenters. The van der Waals surface area contributed by atoms with Gasteiger partial charge >= 0.3 is 6.18 Å². The van der Waals surface area contributed by atoms with E-state index < -0.39 is 17.1 Å². The maximum absolute atomic E-state index is 12.7. The normalized spacial score (nSPS) is 20.7. The van der Waals surface area contributed by atoms with Gasteiger partial charge in [-0.2, -0.15) is 13.2 Å². The smallest absolute Gasteiger partial charge is 0.393 e. The SMILES string of the molecule is CN1CCCN(CC(C(N)=S)C(F)(F)F)CC1=O. The zero-order chi connectivity index (χ0) is 13.9. The number of nitrogens with zero attached hydrogens (tertiary/aromatic N) is 2. The largest absolute Gasteiger partial charge is 0.399 e. The molecule has 8 heteroatoms. The van der Waals surface area contributed by atoms with Crippen molar-refractivity contribution in [3.8, 4) is 0 Å². The monoisotopic (exact) mass is 283 g/mol. The molecule has 0 spiro atoms. The average Bonchev–Trinajstić information content (AvgIpc) is 2.36. The van der Waals surface area contributed by atoms with Crippen LogP contribution in [0.1, 0.15) is 6.42 Å². The third kappa shape index (κ3) is 4.09. The number of amides is 1. The first-order valence-corrected chi connectivity index (χ1v) is 5.95. The lowest BCUT2D eigenvalue weighted by Crippen LogP contribution is -2.45. The van der Waals surface area contributed by atoms with Crippen LogP contribution >= 0.6 is 12.2 Å². The first kappa shape index (κ1) is 15.2. The highest BCUT2D eigenvalue weighted by Gasteiger charge is 2.42. The quantitative estimate of drug-likeness (QED) is 0.771. The second-order valence-corrected chi connectivity index (χ2v) is 4.87. The Morgan fingerprint density at radius 3 is 2.61 bits per heavy atom. The third-order valence-corrected chi connectivity index (χ3v) is 3.22. The Morgan fingerprint density at radius 1 is 1.50 bits per heavy atom. The Hall–Kier alpha value is -0.890. The van der Waals surface area contributed by atoms with E-state index in [9.17, 15) is 18.0 Å². The molecule has 0 aromatic rings. The highest BCUT2D eigenvalue weighted by Crippen LogP contribution is 2.27. The molecule has 0 radical (unpaired) electrons. The van der Waals surface area contributed by atoms with E-state index in [4.69, 9.17) is 5.73 Å². The Morgan fingerprint density at radius 2 is 2.11 bits per heavy atom. The van der Waals surface area contributed by atoms with Gasteiger partial charge in [-0.15, -0.1) is 0 Å². The van der Waals surface area contributed by atoms with E-state index in [0.717, 1.165) is 0 Å². The number of alkyl halides is 3. The van der Waals surface area contributed by atoms with Gasteiger partial charge in [-0.1, -0.05) is 12.2 Å². The van der Waals surface area contributed by atoms with Crippen LogP contribution in [-0.2, 0) is 4.79 Å². The first-order chi connectivity index (χ1) is 8.21. The minimum absolute atomic E-state index is 0.0221. The van der Waals surface area contributed by atoms with Crippen LogP contribution in [0, 0.1) is 5.92 Å². The summed E-state index contributed by atoms with van der Waals surface area (Å²) in [5.74, 6) is -2.04. The Balaban J connectivity index is 2.69. The lowest BCUT2D eigenvalue weighted by Gasteiger charge is -2.26. The van der Waals surface area contributed by atoms with Crippen LogP contribution < -0.4 is 5.73 Å². The number of hydrogen-bond acceptors (Lipinski definition) is 3. The van der Waals surface area contributed by atoms with Crippen molar-refractivity contribution in [2.24, 2.45) is 11.7 Å². The van der Waals surface area contributed by atoms with Gasteiger partial charge in [0.2, 0.25) is 5.91 Å². The molecule has 0 aromatic carbocycles. The number of halogens is 3. The molecule has 1 rings (SSSR count). The highest BCUT2D eigenvalue weighted by molar-refractivity contribution is 7.80. The fourth-order valence-corrected chi connectivity index (χ4v) is 2.02. The lowest BCUT2D eigenvalue weighted by atomic mass is 10.1. The molecule has 1 aliphatic rings. The van der Waals surface area contributed by atoms with Gasteiger partial charge in [0.1, 0.15) is 5.92 Å². The number of hydrogen-bond donors (Lipinski definition) is 1. The summed E-state index contributed by atoms with van der Waals surface area (Å²) in [6.45, 7) is 0.620. The van der Waals surface area contributed by atoms with Crippen LogP contribution in [0.15, 0.2) is 0 Å². The third-order valence-electron chi connectivity index (χ3n) is 2.93. The molecule has 1 fully saturated rings. The molecular formula is C10H16F3N3OS. The second-order valence-electron chi connectivity index (χ2n) is 4.40. The van der Waals surface area contributed by atoms with E-state index in [2.05, 4.69) is 12.2 Å². The van der Waals surface area contributed by atoms with Crippen LogP contribution in [0.4, 0.5) is 13.2 Å². The predicted molar refractivity (Wildman–Crippen MR) is 65.0 cm³/mol. The second kappa shape index (κ2) is 5.83. The maximum Gasteiger partial charge on any atom is 0.399 e. The van der Waals surface area contributed by atoms with Crippen molar-refractivity contribution >= 4 is 23.1 Å². The molecule has 1 heterocycles. The summed E-state index contributed by atoms with van der Waals surface area (Å²) < 4.78 is 38.1. The topological polar surface area (TPSA) is 49.6 Å².